The van der Waals surface area contributed by atoms with Crippen molar-refractivity contribution in [1.82, 2.24) is 18.9 Å². The molecule has 0 spiro atoms. The molecule has 0 unspecified atom stereocenters. The van der Waals surface area contributed by atoms with Gasteiger partial charge < -0.3 is 4.90 Å². The summed E-state index contributed by atoms with van der Waals surface area (Å²) in [7, 11) is 0. The smallest absolute Gasteiger partial charge is 0.339 e. The van der Waals surface area contributed by atoms with Gasteiger partial charge in [0.05, 0.1) is 16.5 Å². The third kappa shape index (κ3) is 4.77. The summed E-state index contributed by atoms with van der Waals surface area (Å²) in [6.45, 7) is 3.89. The lowest BCUT2D eigenvalue weighted by Crippen LogP contribution is -2.50. The summed E-state index contributed by atoms with van der Waals surface area (Å²) in [6.07, 6.45) is -4.39. The first-order valence-electron chi connectivity index (χ1n) is 11.1. The van der Waals surface area contributed by atoms with E-state index in [2.05, 4.69) is 0 Å². The number of aromatic nitrogens is 2. The Bertz CT molecular complexity index is 1320. The van der Waals surface area contributed by atoms with E-state index in [9.17, 15) is 27.6 Å². The highest BCUT2D eigenvalue weighted by molar-refractivity contribution is 5.81. The van der Waals surface area contributed by atoms with Crippen LogP contribution in [0.3, 0.4) is 0 Å². The summed E-state index contributed by atoms with van der Waals surface area (Å²) in [5.41, 5.74) is -0.601. The summed E-state index contributed by atoms with van der Waals surface area (Å²) in [5.74, 6) is -0.243. The molecule has 1 aliphatic rings. The number of carbonyl (C=O) groups excluding carboxylic acids is 1. The third-order valence-corrected chi connectivity index (χ3v) is 6.13. The van der Waals surface area contributed by atoms with Gasteiger partial charge in [0.15, 0.2) is 0 Å². The fraction of sp³-hybridized carbons (Fsp3) is 0.375. The minimum absolute atomic E-state index is 0.187. The van der Waals surface area contributed by atoms with Gasteiger partial charge in [-0.2, -0.15) is 13.2 Å². The Morgan fingerprint density at radius 2 is 1.65 bits per heavy atom. The van der Waals surface area contributed by atoms with E-state index in [1.807, 2.05) is 4.90 Å². The van der Waals surface area contributed by atoms with Crippen molar-refractivity contribution in [3.63, 3.8) is 0 Å². The Hall–Kier alpha value is -3.40. The second kappa shape index (κ2) is 9.46. The highest BCUT2D eigenvalue weighted by atomic mass is 19.4. The molecule has 7 nitrogen and oxygen atoms in total. The molecular weight excluding hydrogens is 449 g/mol. The highest BCUT2D eigenvalue weighted by Gasteiger charge is 2.30. The monoisotopic (exact) mass is 474 g/mol. The van der Waals surface area contributed by atoms with Crippen molar-refractivity contribution in [2.75, 3.05) is 26.2 Å². The molecule has 180 valence electrons. The van der Waals surface area contributed by atoms with E-state index in [1.165, 1.54) is 10.6 Å². The van der Waals surface area contributed by atoms with Crippen LogP contribution in [-0.2, 0) is 30.6 Å². The number of nitrogens with zero attached hydrogens (tertiary/aromatic N) is 4. The molecule has 0 bridgehead atoms. The summed E-state index contributed by atoms with van der Waals surface area (Å²) < 4.78 is 41.3. The van der Waals surface area contributed by atoms with E-state index in [0.717, 1.165) is 16.7 Å². The fourth-order valence-electron chi connectivity index (χ4n) is 4.30. The van der Waals surface area contributed by atoms with Gasteiger partial charge in [-0.3, -0.25) is 23.6 Å². The van der Waals surface area contributed by atoms with Gasteiger partial charge in [-0.15, -0.1) is 0 Å². The number of halogens is 3. The fourth-order valence-corrected chi connectivity index (χ4v) is 4.30. The zero-order valence-electron chi connectivity index (χ0n) is 18.7. The van der Waals surface area contributed by atoms with Gasteiger partial charge in [0, 0.05) is 39.3 Å². The van der Waals surface area contributed by atoms with E-state index >= 15 is 0 Å². The molecule has 1 fully saturated rings. The number of hydrogen-bond acceptors (Lipinski definition) is 4. The minimum Gasteiger partial charge on any atom is -0.339 e. The Morgan fingerprint density at radius 3 is 2.32 bits per heavy atom. The molecular formula is C24H25F3N4O3. The largest absolute Gasteiger partial charge is 0.416 e. The number of alkyl halides is 3. The van der Waals surface area contributed by atoms with E-state index < -0.39 is 17.4 Å². The number of carbonyl (C=O) groups is 1. The average Bonchev–Trinajstić information content (AvgIpc) is 2.82. The lowest BCUT2D eigenvalue weighted by atomic mass is 10.1. The molecule has 1 aliphatic heterocycles. The highest BCUT2D eigenvalue weighted by Crippen LogP contribution is 2.29. The van der Waals surface area contributed by atoms with Crippen LogP contribution in [0, 0.1) is 0 Å². The number of amides is 1. The van der Waals surface area contributed by atoms with Gasteiger partial charge in [0.25, 0.3) is 5.56 Å². The van der Waals surface area contributed by atoms with Crippen molar-refractivity contribution in [3.05, 3.63) is 80.5 Å². The number of rotatable bonds is 5. The van der Waals surface area contributed by atoms with Crippen molar-refractivity contribution < 1.29 is 18.0 Å². The third-order valence-electron chi connectivity index (χ3n) is 6.13. The van der Waals surface area contributed by atoms with Crippen LogP contribution in [0.5, 0.6) is 0 Å². The van der Waals surface area contributed by atoms with E-state index in [1.54, 1.807) is 42.2 Å². The molecule has 4 rings (SSSR count). The van der Waals surface area contributed by atoms with Crippen LogP contribution in [0.15, 0.2) is 58.1 Å². The zero-order chi connectivity index (χ0) is 24.5. The summed E-state index contributed by atoms with van der Waals surface area (Å²) in [5, 5.41) is 0.377. The second-order valence-corrected chi connectivity index (χ2v) is 8.29. The molecule has 0 radical (unpaired) electrons. The van der Waals surface area contributed by atoms with Gasteiger partial charge in [-0.25, -0.2) is 4.79 Å². The number of piperazine rings is 1. The van der Waals surface area contributed by atoms with Crippen LogP contribution in [0.4, 0.5) is 13.2 Å². The molecule has 2 aromatic carbocycles. The molecule has 0 saturated carbocycles. The standard InChI is InChI=1S/C24H25F3N4O3/c1-2-30-22(33)19-8-3-4-9-20(19)31(23(30)34)16-21(32)29-12-10-28(11-13-29)15-17-6-5-7-18(14-17)24(25,26)27/h3-9,14H,2,10-13,15-16H2,1H3. The molecule has 34 heavy (non-hydrogen) atoms. The van der Waals surface area contributed by atoms with E-state index in [-0.39, 0.29) is 24.6 Å². The number of benzene rings is 2. The van der Waals surface area contributed by atoms with Gasteiger partial charge >= 0.3 is 11.9 Å². The molecule has 1 saturated heterocycles. The van der Waals surface area contributed by atoms with Crippen molar-refractivity contribution in [2.45, 2.75) is 32.7 Å². The van der Waals surface area contributed by atoms with Crippen LogP contribution in [0.25, 0.3) is 10.9 Å². The molecule has 3 aromatic rings. The van der Waals surface area contributed by atoms with E-state index in [0.29, 0.717) is 49.2 Å². The van der Waals surface area contributed by atoms with Gasteiger partial charge in [0.1, 0.15) is 6.54 Å². The molecule has 0 atom stereocenters. The molecule has 0 aliphatic carbocycles. The maximum absolute atomic E-state index is 13.0. The molecule has 10 heteroatoms. The first-order valence-corrected chi connectivity index (χ1v) is 11.1. The summed E-state index contributed by atoms with van der Waals surface area (Å²) in [4.78, 5) is 42.1. The quantitative estimate of drug-likeness (QED) is 0.570. The maximum Gasteiger partial charge on any atom is 0.416 e. The molecule has 0 N–H and O–H groups in total. The predicted octanol–water partition coefficient (Wildman–Crippen LogP) is 2.55. The van der Waals surface area contributed by atoms with Crippen LogP contribution >= 0.6 is 0 Å². The van der Waals surface area contributed by atoms with Gasteiger partial charge in [0.2, 0.25) is 5.91 Å². The first kappa shape index (κ1) is 23.7. The number of hydrogen-bond donors (Lipinski definition) is 0. The molecule has 1 amide bonds. The Balaban J connectivity index is 1.45. The van der Waals surface area contributed by atoms with Crippen molar-refractivity contribution in [2.24, 2.45) is 0 Å². The first-order chi connectivity index (χ1) is 16.2. The van der Waals surface area contributed by atoms with Crippen LogP contribution < -0.4 is 11.2 Å². The topological polar surface area (TPSA) is 67.6 Å². The van der Waals surface area contributed by atoms with Gasteiger partial charge in [-0.05, 0) is 30.7 Å². The maximum atomic E-state index is 13.0. The van der Waals surface area contributed by atoms with E-state index in [4.69, 9.17) is 0 Å². The zero-order valence-corrected chi connectivity index (χ0v) is 18.7. The Kier molecular flexibility index (Phi) is 6.60. The van der Waals surface area contributed by atoms with Crippen LogP contribution in [-0.4, -0.2) is 51.0 Å². The Morgan fingerprint density at radius 1 is 0.941 bits per heavy atom. The van der Waals surface area contributed by atoms with Crippen molar-refractivity contribution in [3.8, 4) is 0 Å². The van der Waals surface area contributed by atoms with Crippen molar-refractivity contribution in [1.29, 1.82) is 0 Å². The van der Waals surface area contributed by atoms with Crippen LogP contribution in [0.2, 0.25) is 0 Å². The molecule has 1 aromatic heterocycles. The summed E-state index contributed by atoms with van der Waals surface area (Å²) >= 11 is 0. The molecule has 2 heterocycles. The number of para-hydroxylation sites is 1. The predicted molar refractivity (Wildman–Crippen MR) is 121 cm³/mol. The van der Waals surface area contributed by atoms with Crippen molar-refractivity contribution >= 4 is 16.8 Å². The minimum atomic E-state index is -4.39. The average molecular weight is 474 g/mol. The normalized spacial score (nSPS) is 15.1. The second-order valence-electron chi connectivity index (χ2n) is 8.29. The lowest BCUT2D eigenvalue weighted by molar-refractivity contribution is -0.137. The van der Waals surface area contributed by atoms with Gasteiger partial charge in [-0.1, -0.05) is 30.3 Å². The number of fused-ring (bicyclic) bond motifs is 1. The van der Waals surface area contributed by atoms with Crippen LogP contribution in [0.1, 0.15) is 18.1 Å². The lowest BCUT2D eigenvalue weighted by Gasteiger charge is -2.35. The Labute approximate surface area is 193 Å². The summed E-state index contributed by atoms with van der Waals surface area (Å²) in [6, 6.07) is 12.0. The SMILES string of the molecule is CCn1c(=O)c2ccccc2n(CC(=O)N2CCN(Cc3cccc(C(F)(F)F)c3)CC2)c1=O.